The monoisotopic (exact) mass is 1060 g/mol. The Balaban J connectivity index is 1.26. The number of halogens is 1. The van der Waals surface area contributed by atoms with Gasteiger partial charge >= 0.3 is 5.97 Å². The summed E-state index contributed by atoms with van der Waals surface area (Å²) in [6, 6.07) is 5.52. The highest BCUT2D eigenvalue weighted by molar-refractivity contribution is 5.73. The minimum Gasteiger partial charge on any atom is -0.459 e. The summed E-state index contributed by atoms with van der Waals surface area (Å²) in [6.45, 7) is 17.5. The molecule has 0 aliphatic carbocycles. The van der Waals surface area contributed by atoms with Gasteiger partial charge in [-0.1, -0.05) is 38.1 Å². The molecule has 3 aromatic rings. The smallest absolute Gasteiger partial charge is 0.311 e. The van der Waals surface area contributed by atoms with E-state index in [0.29, 0.717) is 31.6 Å². The summed E-state index contributed by atoms with van der Waals surface area (Å²) < 4.78 is 62.1. The van der Waals surface area contributed by atoms with E-state index >= 15 is 0 Å². The van der Waals surface area contributed by atoms with E-state index in [4.69, 9.17) is 33.2 Å². The molecule has 0 bridgehead atoms. The van der Waals surface area contributed by atoms with Gasteiger partial charge in [-0.15, -0.1) is 5.10 Å². The third kappa shape index (κ3) is 13.8. The minimum absolute atomic E-state index is 0.0821. The van der Waals surface area contributed by atoms with E-state index in [1.54, 1.807) is 65.7 Å². The molecule has 5 heterocycles. The summed E-state index contributed by atoms with van der Waals surface area (Å²) in [4.78, 5) is 22.4. The fraction of sp³-hybridized carbons (Fsp3) is 0.792. The number of aliphatic hydroxyl groups is 5. The van der Waals surface area contributed by atoms with Crippen LogP contribution in [0.3, 0.4) is 0 Å². The predicted octanol–water partition coefficient (Wildman–Crippen LogP) is 3.58. The van der Waals surface area contributed by atoms with Crippen molar-refractivity contribution in [2.45, 2.75) is 204 Å². The molecular formula is C53H87FN8O13. The number of esters is 1. The van der Waals surface area contributed by atoms with Gasteiger partial charge in [0, 0.05) is 64.3 Å². The van der Waals surface area contributed by atoms with Crippen molar-refractivity contribution >= 4 is 5.97 Å². The third-order valence-electron chi connectivity index (χ3n) is 16.4. The summed E-state index contributed by atoms with van der Waals surface area (Å²) in [5.41, 5.74) is -2.46. The lowest BCUT2D eigenvalue weighted by molar-refractivity contribution is -0.318. The maximum atomic E-state index is 14.9. The lowest BCUT2D eigenvalue weighted by atomic mass is 9.77. The number of aromatic nitrogens is 6. The molecule has 22 heteroatoms. The normalized spacial score (nSPS) is 38.9. The Morgan fingerprint density at radius 1 is 0.973 bits per heavy atom. The van der Waals surface area contributed by atoms with Gasteiger partial charge in [0.1, 0.15) is 61.5 Å². The quantitative estimate of drug-likeness (QED) is 0.129. The SMILES string of the molecule is CC[C@H]1OC(=O)[C@H](C)[C@@H](O[C@H]2C[C@@](C)(OC)[C@@H](O)[C@H](C)O2)[C@H](C)[C@@H](O[C@@H]2O[C@H](C)C[C@H](N(C)CCc3cn([C@H](CF)[C@H](OC)c4ccc(-n5cncn5)cc4)nn3)[C@H]2O)[C@](C)(O)C[C@@H](C)CN(C)[C@H](C)[C@@H](O)[C@]1(C)O. The molecule has 3 fully saturated rings. The number of nitrogens with zero attached hydrogens (tertiary/aromatic N) is 8. The van der Waals surface area contributed by atoms with Crippen molar-refractivity contribution in [1.29, 1.82) is 0 Å². The van der Waals surface area contributed by atoms with Crippen LogP contribution >= 0.6 is 0 Å². The van der Waals surface area contributed by atoms with E-state index in [0.717, 1.165) is 11.3 Å². The van der Waals surface area contributed by atoms with Gasteiger partial charge in [-0.25, -0.2) is 18.7 Å². The number of rotatable bonds is 16. The van der Waals surface area contributed by atoms with Crippen LogP contribution in [0.5, 0.6) is 0 Å². The van der Waals surface area contributed by atoms with Crippen molar-refractivity contribution in [3.63, 3.8) is 0 Å². The largest absolute Gasteiger partial charge is 0.459 e. The molecule has 2 aromatic heterocycles. The minimum atomic E-state index is -1.85. The molecule has 5 N–H and O–H groups in total. The van der Waals surface area contributed by atoms with Gasteiger partial charge in [0.25, 0.3) is 0 Å². The fourth-order valence-corrected chi connectivity index (χ4v) is 11.7. The van der Waals surface area contributed by atoms with Crippen LogP contribution in [0, 0.1) is 17.8 Å². The molecule has 424 valence electrons. The lowest BCUT2D eigenvalue weighted by Crippen LogP contribution is -2.61. The molecule has 3 saturated heterocycles. The highest BCUT2D eigenvalue weighted by Gasteiger charge is 2.53. The first kappa shape index (κ1) is 60.6. The van der Waals surface area contributed by atoms with Crippen LogP contribution in [0.4, 0.5) is 4.39 Å². The second kappa shape index (κ2) is 25.4. The van der Waals surface area contributed by atoms with Crippen LogP contribution in [-0.2, 0) is 44.4 Å². The number of carbonyl (C=O) groups is 1. The standard InChI is InChI=1S/C53H87FN8O13/c1-15-41-53(10,68)46(64)34(6)60(12)26-30(2)23-51(8,67)48(32(4)44(33(5)49(66)73-41)74-42-24-52(9,70-14)47(65)35(7)72-42)75-50-43(63)39(22-31(3)71-50)59(11)21-20-37-27-61(58-57-37)40(25-54)45(69-13)36-16-18-38(19-17-36)62-29-55-28-56-62/h16-19,27-35,39-48,50,63-65,67-68H,15,20-26H2,1-14H3/t30-,31-,32+,33-,34-,35+,39+,40-,41-,42+,43-,44+,45-,46-,47+,48-,50+,51-,52-,53-/m1/s1. The molecule has 0 saturated carbocycles. The lowest BCUT2D eigenvalue weighted by Gasteiger charge is -2.49. The topological polar surface area (TPSA) is 251 Å². The van der Waals surface area contributed by atoms with Gasteiger partial charge in [-0.2, -0.15) is 5.10 Å². The molecule has 20 atom stereocenters. The summed E-state index contributed by atoms with van der Waals surface area (Å²) in [5.74, 6) is -2.89. The number of benzene rings is 1. The van der Waals surface area contributed by atoms with Crippen molar-refractivity contribution in [2.75, 3.05) is 48.1 Å². The van der Waals surface area contributed by atoms with Crippen LogP contribution in [0.2, 0.25) is 0 Å². The Morgan fingerprint density at radius 3 is 2.28 bits per heavy atom. The zero-order valence-corrected chi connectivity index (χ0v) is 46.5. The second-order valence-electron chi connectivity index (χ2n) is 22.4. The highest BCUT2D eigenvalue weighted by Crippen LogP contribution is 2.41. The zero-order valence-electron chi connectivity index (χ0n) is 46.5. The molecule has 75 heavy (non-hydrogen) atoms. The Bertz CT molecular complexity index is 2230. The number of cyclic esters (lactones) is 1. The van der Waals surface area contributed by atoms with Crippen molar-refractivity contribution in [1.82, 2.24) is 39.6 Å². The number of ether oxygens (including phenoxy) is 7. The molecule has 0 radical (unpaired) electrons. The van der Waals surface area contributed by atoms with Crippen LogP contribution in [-0.4, -0.2) is 209 Å². The molecule has 0 spiro atoms. The third-order valence-corrected chi connectivity index (χ3v) is 16.4. The van der Waals surface area contributed by atoms with E-state index in [-0.39, 0.29) is 25.2 Å². The number of hydrogen-bond acceptors (Lipinski definition) is 19. The van der Waals surface area contributed by atoms with Crippen LogP contribution in [0.15, 0.2) is 43.1 Å². The van der Waals surface area contributed by atoms with E-state index in [2.05, 4.69) is 20.4 Å². The highest BCUT2D eigenvalue weighted by atomic mass is 19.1. The first-order valence-electron chi connectivity index (χ1n) is 26.5. The molecule has 1 aromatic carbocycles. The van der Waals surface area contributed by atoms with Gasteiger partial charge in [0.15, 0.2) is 12.6 Å². The van der Waals surface area contributed by atoms with Crippen LogP contribution < -0.4 is 0 Å². The van der Waals surface area contributed by atoms with Gasteiger partial charge in [0.05, 0.1) is 52.9 Å². The molecular weight excluding hydrogens is 976 g/mol. The van der Waals surface area contributed by atoms with Crippen molar-refractivity contribution in [3.8, 4) is 5.69 Å². The van der Waals surface area contributed by atoms with Gasteiger partial charge in [0.2, 0.25) is 0 Å². The molecule has 0 unspecified atom stereocenters. The average molecular weight is 1060 g/mol. The Kier molecular flexibility index (Phi) is 20.6. The van der Waals surface area contributed by atoms with Crippen molar-refractivity contribution < 1.29 is 67.9 Å². The van der Waals surface area contributed by atoms with E-state index < -0.39 is 127 Å². The summed E-state index contributed by atoms with van der Waals surface area (Å²) >= 11 is 0. The predicted molar refractivity (Wildman–Crippen MR) is 273 cm³/mol. The number of alkyl halides is 1. The number of hydrogen-bond donors (Lipinski definition) is 5. The molecule has 3 aliphatic heterocycles. The first-order chi connectivity index (χ1) is 35.3. The van der Waals surface area contributed by atoms with E-state index in [9.17, 15) is 34.7 Å². The fourth-order valence-electron chi connectivity index (χ4n) is 11.7. The second-order valence-corrected chi connectivity index (χ2v) is 22.4. The van der Waals surface area contributed by atoms with E-state index in [1.165, 1.54) is 32.2 Å². The maximum Gasteiger partial charge on any atom is 0.311 e. The number of likely N-dealkylation sites (N-methyl/N-ethyl adjacent to an activating group) is 2. The average Bonchev–Trinajstić information content (AvgIpc) is 4.09. The summed E-state index contributed by atoms with van der Waals surface area (Å²) in [7, 11) is 6.73. The summed E-state index contributed by atoms with van der Waals surface area (Å²) in [6.07, 6.45) is -5.02. The van der Waals surface area contributed by atoms with Gasteiger partial charge in [-0.05, 0) is 105 Å². The van der Waals surface area contributed by atoms with Crippen LogP contribution in [0.1, 0.15) is 118 Å². The zero-order chi connectivity index (χ0) is 55.3. The molecule has 6 rings (SSSR count). The summed E-state index contributed by atoms with van der Waals surface area (Å²) in [5, 5.41) is 72.7. The molecule has 3 aliphatic rings. The number of aliphatic hydroxyl groups excluding tert-OH is 3. The van der Waals surface area contributed by atoms with Crippen LogP contribution in [0.25, 0.3) is 5.69 Å². The molecule has 21 nitrogen and oxygen atoms in total. The number of carbonyl (C=O) groups excluding carboxylic acids is 1. The molecule has 0 amide bonds. The number of methoxy groups -OCH3 is 2. The van der Waals surface area contributed by atoms with Gasteiger partial charge < -0.3 is 68.5 Å². The Labute approximate surface area is 441 Å². The van der Waals surface area contributed by atoms with Gasteiger partial charge in [-0.3, -0.25) is 4.79 Å². The van der Waals surface area contributed by atoms with Crippen molar-refractivity contribution in [2.24, 2.45) is 17.8 Å². The van der Waals surface area contributed by atoms with E-state index in [1.807, 2.05) is 62.0 Å². The Hall–Kier alpha value is -3.62. The maximum absolute atomic E-state index is 14.9. The Morgan fingerprint density at radius 2 is 1.67 bits per heavy atom. The first-order valence-corrected chi connectivity index (χ1v) is 26.5. The van der Waals surface area contributed by atoms with Crippen molar-refractivity contribution in [3.05, 3.63) is 54.4 Å².